The number of hydrogen-bond acceptors (Lipinski definition) is 5. The third kappa shape index (κ3) is 2.55. The van der Waals surface area contributed by atoms with Crippen molar-refractivity contribution in [1.29, 1.82) is 0 Å². The molecule has 1 heterocycles. The van der Waals surface area contributed by atoms with Gasteiger partial charge in [0.2, 0.25) is 17.5 Å². The van der Waals surface area contributed by atoms with E-state index in [-0.39, 0.29) is 28.0 Å². The maximum absolute atomic E-state index is 13.9. The number of carbonyl (C=O) groups excluding carboxylic acids is 1. The van der Waals surface area contributed by atoms with Gasteiger partial charge in [-0.1, -0.05) is 17.7 Å². The fourth-order valence-corrected chi connectivity index (χ4v) is 1.73. The fraction of sp³-hybridized carbons (Fsp3) is 0.154. The van der Waals surface area contributed by atoms with Gasteiger partial charge in [-0.25, -0.2) is 9.37 Å². The van der Waals surface area contributed by atoms with Crippen LogP contribution in [0.25, 0.3) is 0 Å². The first-order valence-electron chi connectivity index (χ1n) is 5.52. The second kappa shape index (κ2) is 5.83. The summed E-state index contributed by atoms with van der Waals surface area (Å²) >= 11 is 5.65. The first-order chi connectivity index (χ1) is 9.58. The molecule has 0 saturated carbocycles. The Balaban J connectivity index is 2.50. The van der Waals surface area contributed by atoms with Gasteiger partial charge in [0.05, 0.1) is 31.0 Å². The number of aromatic nitrogens is 2. The Morgan fingerprint density at radius 1 is 1.30 bits per heavy atom. The molecule has 0 aliphatic rings. The molecule has 0 atom stereocenters. The molecular formula is C13H10ClFN2O3. The van der Waals surface area contributed by atoms with Crippen LogP contribution in [-0.2, 0) is 0 Å². The van der Waals surface area contributed by atoms with E-state index in [4.69, 9.17) is 21.1 Å². The molecule has 1 aromatic carbocycles. The average molecular weight is 297 g/mol. The average Bonchev–Trinajstić information content (AvgIpc) is 2.48. The first-order valence-corrected chi connectivity index (χ1v) is 5.90. The minimum Gasteiger partial charge on any atom is -0.480 e. The van der Waals surface area contributed by atoms with Gasteiger partial charge in [0, 0.05) is 0 Å². The summed E-state index contributed by atoms with van der Waals surface area (Å²) in [5.41, 5.74) is -0.315. The third-order valence-corrected chi connectivity index (χ3v) is 2.82. The van der Waals surface area contributed by atoms with Crippen molar-refractivity contribution < 1.29 is 18.7 Å². The lowest BCUT2D eigenvalue weighted by Gasteiger charge is -2.08. The second-order valence-corrected chi connectivity index (χ2v) is 4.11. The number of rotatable bonds is 4. The first kappa shape index (κ1) is 14.2. The Bertz CT molecular complexity index is 664. The van der Waals surface area contributed by atoms with Gasteiger partial charge >= 0.3 is 0 Å². The SMILES string of the molecule is COc1cnc(C(=O)c2cccc(Cl)c2F)c(OC)n1. The van der Waals surface area contributed by atoms with Crippen LogP contribution < -0.4 is 9.47 Å². The number of hydrogen-bond donors (Lipinski definition) is 0. The van der Waals surface area contributed by atoms with E-state index in [1.165, 1.54) is 38.6 Å². The predicted molar refractivity (Wildman–Crippen MR) is 70.0 cm³/mol. The quantitative estimate of drug-likeness (QED) is 0.811. The minimum absolute atomic E-state index is 0.0475. The van der Waals surface area contributed by atoms with E-state index < -0.39 is 11.6 Å². The van der Waals surface area contributed by atoms with Crippen LogP contribution in [0.5, 0.6) is 11.8 Å². The van der Waals surface area contributed by atoms with E-state index in [9.17, 15) is 9.18 Å². The summed E-state index contributed by atoms with van der Waals surface area (Å²) in [5.74, 6) is -1.34. The van der Waals surface area contributed by atoms with Crippen LogP contribution in [-0.4, -0.2) is 30.0 Å². The fourth-order valence-electron chi connectivity index (χ4n) is 1.56. The van der Waals surface area contributed by atoms with Crippen molar-refractivity contribution >= 4 is 17.4 Å². The molecular weight excluding hydrogens is 287 g/mol. The molecule has 0 fully saturated rings. The van der Waals surface area contributed by atoms with Gasteiger partial charge in [0.1, 0.15) is 0 Å². The molecule has 2 aromatic rings. The summed E-state index contributed by atoms with van der Waals surface area (Å²) in [6.45, 7) is 0. The highest BCUT2D eigenvalue weighted by Gasteiger charge is 2.22. The largest absolute Gasteiger partial charge is 0.480 e. The monoisotopic (exact) mass is 296 g/mol. The maximum Gasteiger partial charge on any atom is 0.247 e. The number of ketones is 1. The third-order valence-electron chi connectivity index (χ3n) is 2.53. The van der Waals surface area contributed by atoms with Gasteiger partial charge in [-0.15, -0.1) is 0 Å². The smallest absolute Gasteiger partial charge is 0.247 e. The molecule has 0 N–H and O–H groups in total. The van der Waals surface area contributed by atoms with E-state index in [1.54, 1.807) is 0 Å². The zero-order chi connectivity index (χ0) is 14.7. The summed E-state index contributed by atoms with van der Waals surface area (Å²) in [6, 6.07) is 4.14. The van der Waals surface area contributed by atoms with Crippen molar-refractivity contribution in [2.75, 3.05) is 14.2 Å². The van der Waals surface area contributed by atoms with Crippen LogP contribution in [0.15, 0.2) is 24.4 Å². The number of benzene rings is 1. The summed E-state index contributed by atoms with van der Waals surface area (Å²) in [7, 11) is 2.73. The molecule has 104 valence electrons. The van der Waals surface area contributed by atoms with Gasteiger partial charge in [-0.2, -0.15) is 4.98 Å². The molecule has 0 aliphatic heterocycles. The lowest BCUT2D eigenvalue weighted by atomic mass is 10.1. The zero-order valence-electron chi connectivity index (χ0n) is 10.7. The van der Waals surface area contributed by atoms with E-state index in [0.717, 1.165) is 0 Å². The highest BCUT2D eigenvalue weighted by molar-refractivity contribution is 6.31. The van der Waals surface area contributed by atoms with E-state index >= 15 is 0 Å². The molecule has 7 heteroatoms. The summed E-state index contributed by atoms with van der Waals surface area (Å²) in [4.78, 5) is 20.1. The Hall–Kier alpha value is -2.21. The molecule has 1 aromatic heterocycles. The van der Waals surface area contributed by atoms with Crippen LogP contribution in [0, 0.1) is 5.82 Å². The van der Waals surface area contributed by atoms with Gasteiger partial charge in [0.25, 0.3) is 0 Å². The molecule has 0 radical (unpaired) electrons. The molecule has 0 saturated heterocycles. The normalized spacial score (nSPS) is 10.2. The van der Waals surface area contributed by atoms with Gasteiger partial charge in [0.15, 0.2) is 11.5 Å². The molecule has 0 aliphatic carbocycles. The van der Waals surface area contributed by atoms with Crippen molar-refractivity contribution in [3.63, 3.8) is 0 Å². The van der Waals surface area contributed by atoms with Crippen molar-refractivity contribution in [2.45, 2.75) is 0 Å². The van der Waals surface area contributed by atoms with Crippen LogP contribution in [0.3, 0.4) is 0 Å². The van der Waals surface area contributed by atoms with Crippen LogP contribution >= 0.6 is 11.6 Å². The standard InChI is InChI=1S/C13H10ClFN2O3/c1-19-9-6-16-11(13(17-9)20-2)12(18)7-4-3-5-8(14)10(7)15/h3-6H,1-2H3. The van der Waals surface area contributed by atoms with Gasteiger partial charge in [-0.05, 0) is 12.1 Å². The highest BCUT2D eigenvalue weighted by Crippen LogP contribution is 2.24. The molecule has 2 rings (SSSR count). The van der Waals surface area contributed by atoms with E-state index in [2.05, 4.69) is 9.97 Å². The molecule has 20 heavy (non-hydrogen) atoms. The van der Waals surface area contributed by atoms with Crippen molar-refractivity contribution in [2.24, 2.45) is 0 Å². The number of methoxy groups -OCH3 is 2. The van der Waals surface area contributed by atoms with Crippen LogP contribution in [0.4, 0.5) is 4.39 Å². The van der Waals surface area contributed by atoms with E-state index in [1.807, 2.05) is 0 Å². The number of carbonyl (C=O) groups is 1. The molecule has 0 amide bonds. The zero-order valence-corrected chi connectivity index (χ0v) is 11.4. The van der Waals surface area contributed by atoms with Crippen molar-refractivity contribution in [3.05, 3.63) is 46.5 Å². The Morgan fingerprint density at radius 3 is 2.70 bits per heavy atom. The lowest BCUT2D eigenvalue weighted by molar-refractivity contribution is 0.102. The minimum atomic E-state index is -0.807. The van der Waals surface area contributed by atoms with Crippen molar-refractivity contribution in [3.8, 4) is 11.8 Å². The van der Waals surface area contributed by atoms with Crippen molar-refractivity contribution in [1.82, 2.24) is 9.97 Å². The topological polar surface area (TPSA) is 61.3 Å². The molecule has 0 spiro atoms. The Kier molecular flexibility index (Phi) is 4.14. The van der Waals surface area contributed by atoms with Gasteiger partial charge < -0.3 is 9.47 Å². The molecule has 0 unspecified atom stereocenters. The van der Waals surface area contributed by atoms with E-state index in [0.29, 0.717) is 0 Å². The second-order valence-electron chi connectivity index (χ2n) is 3.70. The Morgan fingerprint density at radius 2 is 2.05 bits per heavy atom. The Labute approximate surface area is 119 Å². The molecule has 5 nitrogen and oxygen atoms in total. The summed E-state index contributed by atoms with van der Waals surface area (Å²) < 4.78 is 23.7. The van der Waals surface area contributed by atoms with Gasteiger partial charge in [-0.3, -0.25) is 4.79 Å². The predicted octanol–water partition coefficient (Wildman–Crippen LogP) is 2.52. The number of nitrogens with zero attached hydrogens (tertiary/aromatic N) is 2. The van der Waals surface area contributed by atoms with Crippen LogP contribution in [0.2, 0.25) is 5.02 Å². The highest BCUT2D eigenvalue weighted by atomic mass is 35.5. The summed E-state index contributed by atoms with van der Waals surface area (Å²) in [6.07, 6.45) is 1.25. The number of ether oxygens (including phenoxy) is 2. The summed E-state index contributed by atoms with van der Waals surface area (Å²) in [5, 5.41) is -0.142. The molecule has 0 bridgehead atoms. The lowest BCUT2D eigenvalue weighted by Crippen LogP contribution is -2.10. The maximum atomic E-state index is 13.9. The van der Waals surface area contributed by atoms with Crippen LogP contribution in [0.1, 0.15) is 16.1 Å². The number of halogens is 2.